The van der Waals surface area contributed by atoms with Gasteiger partial charge in [0.1, 0.15) is 0 Å². The van der Waals surface area contributed by atoms with E-state index in [4.69, 9.17) is 5.73 Å². The molecule has 4 heteroatoms. The molecule has 0 saturated carbocycles. The highest BCUT2D eigenvalue weighted by atomic mass is 16.2. The molecule has 104 valence electrons. The summed E-state index contributed by atoms with van der Waals surface area (Å²) in [5.74, 6) is 0.652. The molecule has 1 aliphatic rings. The number of hydrogen-bond acceptors (Lipinski definition) is 2. The Hall–Kier alpha value is -1.55. The van der Waals surface area contributed by atoms with Gasteiger partial charge in [-0.05, 0) is 36.5 Å². The van der Waals surface area contributed by atoms with Crippen molar-refractivity contribution in [2.75, 3.05) is 18.4 Å². The smallest absolute Gasteiger partial charge is 0.321 e. The Morgan fingerprint density at radius 1 is 1.42 bits per heavy atom. The minimum absolute atomic E-state index is 0.0126. The number of nitrogens with one attached hydrogen (secondary N) is 1. The summed E-state index contributed by atoms with van der Waals surface area (Å²) in [6.45, 7) is 4.46. The highest BCUT2D eigenvalue weighted by molar-refractivity contribution is 5.89. The molecule has 0 bridgehead atoms. The van der Waals surface area contributed by atoms with Gasteiger partial charge >= 0.3 is 6.03 Å². The number of nitrogens with two attached hydrogens (primary N) is 1. The molecule has 2 rings (SSSR count). The first-order valence-electron chi connectivity index (χ1n) is 7.08. The highest BCUT2D eigenvalue weighted by Crippen LogP contribution is 2.20. The van der Waals surface area contributed by atoms with Crippen molar-refractivity contribution in [2.24, 2.45) is 11.7 Å². The van der Waals surface area contributed by atoms with Crippen molar-refractivity contribution in [3.63, 3.8) is 0 Å². The van der Waals surface area contributed by atoms with Crippen LogP contribution in [0.25, 0.3) is 0 Å². The van der Waals surface area contributed by atoms with Crippen molar-refractivity contribution >= 4 is 11.7 Å². The highest BCUT2D eigenvalue weighted by Gasteiger charge is 2.22. The summed E-state index contributed by atoms with van der Waals surface area (Å²) in [5.41, 5.74) is 7.46. The third-order valence-corrected chi connectivity index (χ3v) is 3.82. The molecule has 2 amide bonds. The number of likely N-dealkylation sites (tertiary alicyclic amines) is 1. The summed E-state index contributed by atoms with van der Waals surface area (Å²) in [6.07, 6.45) is 3.50. The van der Waals surface area contributed by atoms with Gasteiger partial charge in [-0.25, -0.2) is 4.79 Å². The Kier molecular flexibility index (Phi) is 4.80. The van der Waals surface area contributed by atoms with Gasteiger partial charge in [0.25, 0.3) is 0 Å². The maximum Gasteiger partial charge on any atom is 0.321 e. The maximum atomic E-state index is 12.2. The molecule has 1 saturated heterocycles. The normalized spacial score (nSPS) is 19.3. The summed E-state index contributed by atoms with van der Waals surface area (Å²) >= 11 is 0. The van der Waals surface area contributed by atoms with Gasteiger partial charge < -0.3 is 16.0 Å². The fourth-order valence-electron chi connectivity index (χ4n) is 2.51. The van der Waals surface area contributed by atoms with Crippen LogP contribution in [0.2, 0.25) is 0 Å². The number of hydrogen-bond donors (Lipinski definition) is 2. The first kappa shape index (κ1) is 13.9. The molecule has 1 heterocycles. The van der Waals surface area contributed by atoms with Crippen LogP contribution in [0, 0.1) is 5.92 Å². The summed E-state index contributed by atoms with van der Waals surface area (Å²) in [7, 11) is 0. The molecular weight excluding hydrogens is 238 g/mol. The molecule has 19 heavy (non-hydrogen) atoms. The van der Waals surface area contributed by atoms with Gasteiger partial charge in [0.05, 0.1) is 0 Å². The molecule has 0 aromatic heterocycles. The number of carbonyl (C=O) groups excluding carboxylic acids is 1. The monoisotopic (exact) mass is 261 g/mol. The molecule has 3 N–H and O–H groups in total. The van der Waals surface area contributed by atoms with Crippen molar-refractivity contribution in [3.05, 3.63) is 29.8 Å². The second kappa shape index (κ2) is 6.57. The van der Waals surface area contributed by atoms with Crippen LogP contribution < -0.4 is 11.1 Å². The molecule has 1 unspecified atom stereocenters. The third-order valence-electron chi connectivity index (χ3n) is 3.82. The molecule has 1 fully saturated rings. The van der Waals surface area contributed by atoms with Crippen LogP contribution in [-0.4, -0.2) is 24.0 Å². The Labute approximate surface area is 115 Å². The van der Waals surface area contributed by atoms with E-state index in [9.17, 15) is 4.79 Å². The molecular formula is C15H23N3O. The number of nitrogens with zero attached hydrogens (tertiary/aromatic N) is 1. The van der Waals surface area contributed by atoms with Crippen molar-refractivity contribution in [3.8, 4) is 0 Å². The van der Waals surface area contributed by atoms with Gasteiger partial charge in [-0.1, -0.05) is 25.5 Å². The zero-order valence-corrected chi connectivity index (χ0v) is 11.6. The van der Waals surface area contributed by atoms with Crippen LogP contribution in [0.4, 0.5) is 10.5 Å². The van der Waals surface area contributed by atoms with Crippen LogP contribution in [0.15, 0.2) is 24.3 Å². The molecule has 1 atom stereocenters. The number of amides is 2. The molecule has 4 nitrogen and oxygen atoms in total. The fraction of sp³-hybridized carbons (Fsp3) is 0.533. The van der Waals surface area contributed by atoms with Crippen LogP contribution in [-0.2, 0) is 6.54 Å². The summed E-state index contributed by atoms with van der Waals surface area (Å²) in [6, 6.07) is 7.71. The summed E-state index contributed by atoms with van der Waals surface area (Å²) in [4.78, 5) is 14.1. The topological polar surface area (TPSA) is 58.4 Å². The number of urea groups is 1. The molecule has 0 radical (unpaired) electrons. The van der Waals surface area contributed by atoms with Crippen molar-refractivity contribution in [1.29, 1.82) is 0 Å². The number of rotatable bonds is 3. The summed E-state index contributed by atoms with van der Waals surface area (Å²) < 4.78 is 0. The predicted molar refractivity (Wildman–Crippen MR) is 77.9 cm³/mol. The first-order valence-corrected chi connectivity index (χ1v) is 7.08. The Balaban J connectivity index is 1.92. The van der Waals surface area contributed by atoms with Gasteiger partial charge in [-0.3, -0.25) is 0 Å². The second-order valence-electron chi connectivity index (χ2n) is 5.19. The lowest BCUT2D eigenvalue weighted by atomic mass is 9.96. The predicted octanol–water partition coefficient (Wildman–Crippen LogP) is 2.80. The number of carbonyl (C=O) groups is 1. The molecule has 0 aliphatic carbocycles. The van der Waals surface area contributed by atoms with E-state index in [1.807, 2.05) is 29.2 Å². The zero-order chi connectivity index (χ0) is 13.7. The van der Waals surface area contributed by atoms with Crippen molar-refractivity contribution < 1.29 is 4.79 Å². The molecule has 1 aromatic rings. The van der Waals surface area contributed by atoms with Crippen LogP contribution in [0.3, 0.4) is 0 Å². The largest absolute Gasteiger partial charge is 0.326 e. The molecule has 1 aliphatic heterocycles. The van der Waals surface area contributed by atoms with Gasteiger partial charge in [0, 0.05) is 25.3 Å². The Morgan fingerprint density at radius 2 is 2.16 bits per heavy atom. The van der Waals surface area contributed by atoms with Gasteiger partial charge in [0.15, 0.2) is 0 Å². The Morgan fingerprint density at radius 3 is 2.79 bits per heavy atom. The number of benzene rings is 1. The lowest BCUT2D eigenvalue weighted by Gasteiger charge is -2.32. The fourth-order valence-corrected chi connectivity index (χ4v) is 2.51. The average Bonchev–Trinajstić information content (AvgIpc) is 2.48. The van der Waals surface area contributed by atoms with E-state index in [0.717, 1.165) is 37.2 Å². The lowest BCUT2D eigenvalue weighted by Crippen LogP contribution is -2.42. The minimum atomic E-state index is 0.0126. The van der Waals surface area contributed by atoms with Crippen LogP contribution in [0.5, 0.6) is 0 Å². The van der Waals surface area contributed by atoms with E-state index in [-0.39, 0.29) is 6.03 Å². The number of piperidine rings is 1. The second-order valence-corrected chi connectivity index (χ2v) is 5.19. The van der Waals surface area contributed by atoms with E-state index in [1.54, 1.807) is 0 Å². The first-order chi connectivity index (χ1) is 9.22. The third kappa shape index (κ3) is 3.70. The molecule has 1 aromatic carbocycles. The van der Waals surface area contributed by atoms with Crippen LogP contribution in [0.1, 0.15) is 31.7 Å². The summed E-state index contributed by atoms with van der Waals surface area (Å²) in [5, 5.41) is 2.95. The number of anilines is 1. The van der Waals surface area contributed by atoms with E-state index < -0.39 is 0 Å². The average molecular weight is 261 g/mol. The van der Waals surface area contributed by atoms with E-state index in [2.05, 4.69) is 12.2 Å². The minimum Gasteiger partial charge on any atom is -0.326 e. The SMILES string of the molecule is CCC1CCCN(C(=O)Nc2ccc(CN)cc2)C1. The quantitative estimate of drug-likeness (QED) is 0.879. The Bertz CT molecular complexity index is 416. The van der Waals surface area contributed by atoms with E-state index in [0.29, 0.717) is 12.5 Å². The van der Waals surface area contributed by atoms with Crippen molar-refractivity contribution in [2.45, 2.75) is 32.7 Å². The standard InChI is InChI=1S/C15H23N3O/c1-2-12-4-3-9-18(11-12)15(19)17-14-7-5-13(10-16)6-8-14/h5-8,12H,2-4,9-11,16H2,1H3,(H,17,19). The maximum absolute atomic E-state index is 12.2. The molecule has 0 spiro atoms. The van der Waals surface area contributed by atoms with E-state index in [1.165, 1.54) is 6.42 Å². The van der Waals surface area contributed by atoms with Gasteiger partial charge in [0.2, 0.25) is 0 Å². The van der Waals surface area contributed by atoms with E-state index >= 15 is 0 Å². The zero-order valence-electron chi connectivity index (χ0n) is 11.6. The lowest BCUT2D eigenvalue weighted by molar-refractivity contribution is 0.176. The van der Waals surface area contributed by atoms with Gasteiger partial charge in [-0.15, -0.1) is 0 Å². The van der Waals surface area contributed by atoms with Crippen LogP contribution >= 0.6 is 0 Å². The van der Waals surface area contributed by atoms with Crippen molar-refractivity contribution in [1.82, 2.24) is 4.90 Å². The van der Waals surface area contributed by atoms with Gasteiger partial charge in [-0.2, -0.15) is 0 Å².